The van der Waals surface area contributed by atoms with Crippen LogP contribution in [0.4, 0.5) is 0 Å². The van der Waals surface area contributed by atoms with E-state index in [2.05, 4.69) is 41.7 Å². The highest BCUT2D eigenvalue weighted by Crippen LogP contribution is 2.25. The van der Waals surface area contributed by atoms with E-state index in [0.717, 1.165) is 40.4 Å². The van der Waals surface area contributed by atoms with Crippen molar-refractivity contribution in [3.8, 4) is 0 Å². The minimum atomic E-state index is -0.722. The number of likely N-dealkylation sites (tertiary alicyclic amines) is 1. The predicted octanol–water partition coefficient (Wildman–Crippen LogP) is 3.44. The van der Waals surface area contributed by atoms with E-state index in [1.165, 1.54) is 0 Å². The number of carboxylic acid groups (broad SMARTS) is 1. The largest absolute Gasteiger partial charge is 0.481 e. The quantitative estimate of drug-likeness (QED) is 0.854. The lowest BCUT2D eigenvalue weighted by Crippen LogP contribution is -2.40. The number of aromatic nitrogens is 1. The van der Waals surface area contributed by atoms with Gasteiger partial charge in [0.25, 0.3) is 0 Å². The third-order valence-corrected chi connectivity index (χ3v) is 4.52. The second kappa shape index (κ2) is 6.81. The lowest BCUT2D eigenvalue weighted by Gasteiger charge is -2.34. The Hall–Kier alpha value is -0.460. The van der Waals surface area contributed by atoms with Gasteiger partial charge in [-0.05, 0) is 57.3 Å². The Morgan fingerprint density at radius 3 is 2.95 bits per heavy atom. The summed E-state index contributed by atoms with van der Waals surface area (Å²) in [5, 5.41) is 8.98. The molecule has 1 aliphatic heterocycles. The fourth-order valence-electron chi connectivity index (χ4n) is 2.45. The van der Waals surface area contributed by atoms with E-state index in [1.807, 2.05) is 6.07 Å². The molecule has 1 unspecified atom stereocenters. The van der Waals surface area contributed by atoms with Crippen molar-refractivity contribution >= 4 is 37.8 Å². The summed E-state index contributed by atoms with van der Waals surface area (Å²) in [6.45, 7) is 1.65. The molecule has 2 rings (SSSR count). The van der Waals surface area contributed by atoms with Crippen molar-refractivity contribution in [2.45, 2.75) is 38.3 Å². The fraction of sp³-hybridized carbons (Fsp3) is 0.538. The van der Waals surface area contributed by atoms with Crippen LogP contribution in [0.3, 0.4) is 0 Å². The topological polar surface area (TPSA) is 53.4 Å². The Kier molecular flexibility index (Phi) is 5.36. The normalized spacial score (nSPS) is 20.4. The molecule has 1 aromatic rings. The first kappa shape index (κ1) is 14.9. The molecule has 0 spiro atoms. The maximum absolute atomic E-state index is 10.9. The first-order valence-corrected chi connectivity index (χ1v) is 7.90. The van der Waals surface area contributed by atoms with Gasteiger partial charge in [0.15, 0.2) is 0 Å². The second-order valence-corrected chi connectivity index (χ2v) is 6.57. The number of nitrogens with zero attached hydrogens (tertiary/aromatic N) is 2. The number of hydrogen-bond donors (Lipinski definition) is 1. The smallest absolute Gasteiger partial charge is 0.304 e. The average molecular weight is 392 g/mol. The van der Waals surface area contributed by atoms with Gasteiger partial charge in [-0.25, -0.2) is 0 Å². The van der Waals surface area contributed by atoms with E-state index in [0.29, 0.717) is 6.54 Å². The van der Waals surface area contributed by atoms with Crippen molar-refractivity contribution in [2.75, 3.05) is 6.54 Å². The summed E-state index contributed by atoms with van der Waals surface area (Å²) in [5.74, 6) is -0.722. The van der Waals surface area contributed by atoms with Crippen molar-refractivity contribution in [2.24, 2.45) is 0 Å². The van der Waals surface area contributed by atoms with E-state index in [-0.39, 0.29) is 12.5 Å². The molecule has 0 saturated carbocycles. The van der Waals surface area contributed by atoms with Gasteiger partial charge in [-0.1, -0.05) is 6.42 Å². The van der Waals surface area contributed by atoms with Crippen molar-refractivity contribution in [1.82, 2.24) is 9.88 Å². The van der Waals surface area contributed by atoms with Gasteiger partial charge in [0.05, 0.1) is 12.1 Å². The van der Waals surface area contributed by atoms with Crippen LogP contribution in [0.1, 0.15) is 31.4 Å². The Morgan fingerprint density at radius 1 is 1.47 bits per heavy atom. The van der Waals surface area contributed by atoms with E-state index in [4.69, 9.17) is 5.11 Å². The summed E-state index contributed by atoms with van der Waals surface area (Å²) in [6.07, 6.45) is 5.19. The van der Waals surface area contributed by atoms with Gasteiger partial charge >= 0.3 is 5.97 Å². The zero-order valence-corrected chi connectivity index (χ0v) is 13.7. The maximum atomic E-state index is 10.9. The Morgan fingerprint density at radius 2 is 2.26 bits per heavy atom. The summed E-state index contributed by atoms with van der Waals surface area (Å²) in [7, 11) is 0. The number of aliphatic carboxylic acids is 1. The number of pyridine rings is 1. The Bertz CT molecular complexity index is 468. The van der Waals surface area contributed by atoms with Crippen molar-refractivity contribution in [3.63, 3.8) is 0 Å². The van der Waals surface area contributed by atoms with Crippen LogP contribution in [-0.4, -0.2) is 33.5 Å². The van der Waals surface area contributed by atoms with E-state index in [9.17, 15) is 4.79 Å². The van der Waals surface area contributed by atoms with Crippen molar-refractivity contribution in [3.05, 3.63) is 26.9 Å². The molecular weight excluding hydrogens is 376 g/mol. The summed E-state index contributed by atoms with van der Waals surface area (Å²) in [5.41, 5.74) is 0.959. The van der Waals surface area contributed by atoms with Crippen LogP contribution in [0.5, 0.6) is 0 Å². The second-order valence-electron chi connectivity index (χ2n) is 4.80. The fourth-order valence-corrected chi connectivity index (χ4v) is 3.57. The van der Waals surface area contributed by atoms with Crippen LogP contribution in [0, 0.1) is 0 Å². The molecule has 0 amide bonds. The molecule has 19 heavy (non-hydrogen) atoms. The van der Waals surface area contributed by atoms with Crippen LogP contribution in [0.15, 0.2) is 21.2 Å². The molecule has 0 bridgehead atoms. The molecule has 0 aliphatic carbocycles. The number of halogens is 2. The molecule has 4 nitrogen and oxygen atoms in total. The first-order valence-electron chi connectivity index (χ1n) is 6.32. The summed E-state index contributed by atoms with van der Waals surface area (Å²) in [6, 6.07) is 2.10. The minimum absolute atomic E-state index is 0.128. The van der Waals surface area contributed by atoms with Crippen LogP contribution in [0.25, 0.3) is 0 Å². The average Bonchev–Trinajstić information content (AvgIpc) is 2.34. The molecule has 0 radical (unpaired) electrons. The van der Waals surface area contributed by atoms with E-state index >= 15 is 0 Å². The molecule has 0 aromatic carbocycles. The van der Waals surface area contributed by atoms with Crippen molar-refractivity contribution in [1.29, 1.82) is 0 Å². The molecule has 2 heterocycles. The van der Waals surface area contributed by atoms with E-state index < -0.39 is 5.97 Å². The molecule has 1 aromatic heterocycles. The number of carbonyl (C=O) groups is 1. The lowest BCUT2D eigenvalue weighted by molar-refractivity contribution is -0.138. The molecule has 1 saturated heterocycles. The molecule has 1 fully saturated rings. The maximum Gasteiger partial charge on any atom is 0.304 e. The molecule has 1 N–H and O–H groups in total. The van der Waals surface area contributed by atoms with E-state index in [1.54, 1.807) is 6.20 Å². The minimum Gasteiger partial charge on any atom is -0.481 e. The Labute approximate surface area is 129 Å². The predicted molar refractivity (Wildman–Crippen MR) is 79.9 cm³/mol. The third-order valence-electron chi connectivity index (χ3n) is 3.40. The molecular formula is C13H16Br2N2O2. The number of rotatable bonds is 4. The standard InChI is InChI=1S/C13H16Br2N2O2/c14-9-5-11(15)12(16-7-9)8-17-4-2-1-3-10(17)6-13(18)19/h5,7,10H,1-4,6,8H2,(H,18,19). The Balaban J connectivity index is 2.08. The summed E-state index contributed by atoms with van der Waals surface area (Å²) >= 11 is 6.89. The number of hydrogen-bond acceptors (Lipinski definition) is 3. The van der Waals surface area contributed by atoms with Crippen LogP contribution >= 0.6 is 31.9 Å². The zero-order chi connectivity index (χ0) is 13.8. The lowest BCUT2D eigenvalue weighted by atomic mass is 9.99. The van der Waals surface area contributed by atoms with Gasteiger partial charge in [0.2, 0.25) is 0 Å². The van der Waals surface area contributed by atoms with Crippen molar-refractivity contribution < 1.29 is 9.90 Å². The van der Waals surface area contributed by atoms with Gasteiger partial charge in [-0.3, -0.25) is 14.7 Å². The summed E-state index contributed by atoms with van der Waals surface area (Å²) in [4.78, 5) is 17.6. The first-order chi connectivity index (χ1) is 9.06. The highest BCUT2D eigenvalue weighted by molar-refractivity contribution is 9.11. The molecule has 1 aliphatic rings. The molecule has 1 atom stereocenters. The van der Waals surface area contributed by atoms with Gasteiger partial charge in [-0.15, -0.1) is 0 Å². The van der Waals surface area contributed by atoms with Gasteiger partial charge in [0.1, 0.15) is 0 Å². The van der Waals surface area contributed by atoms with Crippen LogP contribution in [0.2, 0.25) is 0 Å². The number of piperidine rings is 1. The monoisotopic (exact) mass is 390 g/mol. The highest BCUT2D eigenvalue weighted by Gasteiger charge is 2.25. The summed E-state index contributed by atoms with van der Waals surface area (Å²) < 4.78 is 1.89. The van der Waals surface area contributed by atoms with Gasteiger partial charge in [0, 0.05) is 27.7 Å². The van der Waals surface area contributed by atoms with Crippen LogP contribution < -0.4 is 0 Å². The zero-order valence-electron chi connectivity index (χ0n) is 10.5. The molecule has 104 valence electrons. The van der Waals surface area contributed by atoms with Gasteiger partial charge in [-0.2, -0.15) is 0 Å². The highest BCUT2D eigenvalue weighted by atomic mass is 79.9. The third kappa shape index (κ3) is 4.26. The van der Waals surface area contributed by atoms with Crippen LogP contribution in [-0.2, 0) is 11.3 Å². The SMILES string of the molecule is O=C(O)CC1CCCCN1Cc1ncc(Br)cc1Br. The number of carboxylic acids is 1. The molecule has 6 heteroatoms. The van der Waals surface area contributed by atoms with Gasteiger partial charge < -0.3 is 5.11 Å².